The molecule has 15 heavy (non-hydrogen) atoms. The van der Waals surface area contributed by atoms with Crippen LogP contribution in [0.4, 0.5) is 0 Å². The third-order valence-electron chi connectivity index (χ3n) is 2.21. The Hall–Kier alpha value is -1.61. The minimum absolute atomic E-state index is 0.536. The average Bonchev–Trinajstić information content (AvgIpc) is 2.72. The van der Waals surface area contributed by atoms with Crippen LogP contribution in [-0.2, 0) is 4.79 Å². The highest BCUT2D eigenvalue weighted by molar-refractivity contribution is 7.10. The summed E-state index contributed by atoms with van der Waals surface area (Å²) >= 11 is 1.47. The number of hydrogen-bond acceptors (Lipinski definition) is 2. The second-order valence-corrected chi connectivity index (χ2v) is 4.18. The molecule has 0 saturated heterocycles. The molecule has 0 aliphatic heterocycles. The SMILES string of the molecule is O=C(O)[C@@H](c1ccccc1)c1cccs1. The molecular formula is C12H10O2S. The van der Waals surface area contributed by atoms with Crippen molar-refractivity contribution >= 4 is 17.3 Å². The van der Waals surface area contributed by atoms with Gasteiger partial charge in [-0.3, -0.25) is 4.79 Å². The molecule has 1 N–H and O–H groups in total. The molecular weight excluding hydrogens is 208 g/mol. The third kappa shape index (κ3) is 2.07. The predicted octanol–water partition coefficient (Wildman–Crippen LogP) is 2.96. The van der Waals surface area contributed by atoms with Gasteiger partial charge in [0.15, 0.2) is 0 Å². The zero-order chi connectivity index (χ0) is 10.7. The first-order valence-electron chi connectivity index (χ1n) is 4.60. The van der Waals surface area contributed by atoms with Gasteiger partial charge in [0.2, 0.25) is 0 Å². The van der Waals surface area contributed by atoms with Crippen molar-refractivity contribution in [1.82, 2.24) is 0 Å². The monoisotopic (exact) mass is 218 g/mol. The van der Waals surface area contributed by atoms with Gasteiger partial charge >= 0.3 is 5.97 Å². The Labute approximate surface area is 91.8 Å². The minimum atomic E-state index is -0.802. The van der Waals surface area contributed by atoms with Gasteiger partial charge in [0.1, 0.15) is 5.92 Å². The van der Waals surface area contributed by atoms with Crippen molar-refractivity contribution in [3.05, 3.63) is 58.3 Å². The number of carboxylic acids is 1. The van der Waals surface area contributed by atoms with E-state index in [0.717, 1.165) is 10.4 Å². The molecule has 0 bridgehead atoms. The minimum Gasteiger partial charge on any atom is -0.481 e. The van der Waals surface area contributed by atoms with E-state index in [2.05, 4.69) is 0 Å². The van der Waals surface area contributed by atoms with Crippen molar-refractivity contribution in [3.63, 3.8) is 0 Å². The Balaban J connectivity index is 2.42. The summed E-state index contributed by atoms with van der Waals surface area (Å²) in [5.41, 5.74) is 0.826. The molecule has 0 aliphatic rings. The van der Waals surface area contributed by atoms with Crippen molar-refractivity contribution in [2.45, 2.75) is 5.92 Å². The highest BCUT2D eigenvalue weighted by atomic mass is 32.1. The van der Waals surface area contributed by atoms with E-state index in [1.165, 1.54) is 11.3 Å². The largest absolute Gasteiger partial charge is 0.481 e. The molecule has 3 heteroatoms. The zero-order valence-corrected chi connectivity index (χ0v) is 8.78. The molecule has 2 aromatic rings. The Kier molecular flexibility index (Phi) is 2.83. The fourth-order valence-corrected chi connectivity index (χ4v) is 2.37. The first kappa shape index (κ1) is 9.93. The molecule has 1 aromatic heterocycles. The van der Waals surface area contributed by atoms with Gasteiger partial charge in [-0.05, 0) is 17.0 Å². The van der Waals surface area contributed by atoms with Crippen molar-refractivity contribution in [2.75, 3.05) is 0 Å². The van der Waals surface area contributed by atoms with Gasteiger partial charge in [0.05, 0.1) is 0 Å². The fraction of sp³-hybridized carbons (Fsp3) is 0.0833. The molecule has 0 spiro atoms. The number of aliphatic carboxylic acids is 1. The molecule has 1 aromatic carbocycles. The lowest BCUT2D eigenvalue weighted by molar-refractivity contribution is -0.137. The molecule has 0 fully saturated rings. The standard InChI is InChI=1S/C12H10O2S/c13-12(14)11(10-7-4-8-15-10)9-5-2-1-3-6-9/h1-8,11H,(H,13,14)/t11-/m0/s1. The third-order valence-corrected chi connectivity index (χ3v) is 3.14. The van der Waals surface area contributed by atoms with E-state index in [0.29, 0.717) is 0 Å². The maximum absolute atomic E-state index is 11.2. The Morgan fingerprint density at radius 2 is 1.87 bits per heavy atom. The van der Waals surface area contributed by atoms with Gasteiger partial charge in [-0.25, -0.2) is 0 Å². The Morgan fingerprint density at radius 3 is 2.40 bits per heavy atom. The molecule has 1 heterocycles. The molecule has 2 rings (SSSR count). The molecule has 1 atom stereocenters. The van der Waals surface area contributed by atoms with Crippen LogP contribution in [-0.4, -0.2) is 11.1 Å². The molecule has 2 nitrogen and oxygen atoms in total. The van der Waals surface area contributed by atoms with Gasteiger partial charge in [-0.2, -0.15) is 0 Å². The molecule has 76 valence electrons. The van der Waals surface area contributed by atoms with Crippen LogP contribution in [0, 0.1) is 0 Å². The lowest BCUT2D eigenvalue weighted by Crippen LogP contribution is -2.11. The summed E-state index contributed by atoms with van der Waals surface area (Å²) in [5.74, 6) is -1.34. The number of carbonyl (C=O) groups is 1. The van der Waals surface area contributed by atoms with Crippen LogP contribution in [0.5, 0.6) is 0 Å². The highest BCUT2D eigenvalue weighted by Crippen LogP contribution is 2.28. The molecule has 0 unspecified atom stereocenters. The lowest BCUT2D eigenvalue weighted by Gasteiger charge is -2.10. The van der Waals surface area contributed by atoms with Gasteiger partial charge in [-0.15, -0.1) is 11.3 Å². The van der Waals surface area contributed by atoms with Crippen molar-refractivity contribution in [1.29, 1.82) is 0 Å². The van der Waals surface area contributed by atoms with Crippen LogP contribution in [0.25, 0.3) is 0 Å². The van der Waals surface area contributed by atoms with E-state index in [1.807, 2.05) is 47.8 Å². The van der Waals surface area contributed by atoms with E-state index < -0.39 is 11.9 Å². The first-order valence-corrected chi connectivity index (χ1v) is 5.48. The van der Waals surface area contributed by atoms with Gasteiger partial charge in [-0.1, -0.05) is 36.4 Å². The number of rotatable bonds is 3. The van der Waals surface area contributed by atoms with E-state index in [9.17, 15) is 9.90 Å². The average molecular weight is 218 g/mol. The van der Waals surface area contributed by atoms with Crippen LogP contribution in [0.1, 0.15) is 16.4 Å². The van der Waals surface area contributed by atoms with Gasteiger partial charge in [0, 0.05) is 4.88 Å². The summed E-state index contributed by atoms with van der Waals surface area (Å²) in [4.78, 5) is 12.1. The van der Waals surface area contributed by atoms with E-state index in [-0.39, 0.29) is 0 Å². The number of benzene rings is 1. The molecule has 0 radical (unpaired) electrons. The topological polar surface area (TPSA) is 37.3 Å². The van der Waals surface area contributed by atoms with E-state index in [1.54, 1.807) is 0 Å². The molecule has 0 amide bonds. The van der Waals surface area contributed by atoms with Crippen molar-refractivity contribution < 1.29 is 9.90 Å². The number of carboxylic acid groups (broad SMARTS) is 1. The number of hydrogen-bond donors (Lipinski definition) is 1. The summed E-state index contributed by atoms with van der Waals surface area (Å²) in [5, 5.41) is 11.1. The first-order chi connectivity index (χ1) is 7.29. The number of thiophene rings is 1. The summed E-state index contributed by atoms with van der Waals surface area (Å²) < 4.78 is 0. The molecule has 0 aliphatic carbocycles. The Morgan fingerprint density at radius 1 is 1.13 bits per heavy atom. The lowest BCUT2D eigenvalue weighted by atomic mass is 9.98. The van der Waals surface area contributed by atoms with Crippen LogP contribution in [0.3, 0.4) is 0 Å². The van der Waals surface area contributed by atoms with Gasteiger partial charge in [0.25, 0.3) is 0 Å². The zero-order valence-electron chi connectivity index (χ0n) is 7.96. The normalized spacial score (nSPS) is 12.3. The molecule has 0 saturated carbocycles. The quantitative estimate of drug-likeness (QED) is 0.860. The smallest absolute Gasteiger partial charge is 0.316 e. The summed E-state index contributed by atoms with van der Waals surface area (Å²) in [7, 11) is 0. The maximum atomic E-state index is 11.2. The fourth-order valence-electron chi connectivity index (χ4n) is 1.53. The maximum Gasteiger partial charge on any atom is 0.316 e. The second kappa shape index (κ2) is 4.28. The van der Waals surface area contributed by atoms with E-state index in [4.69, 9.17) is 0 Å². The van der Waals surface area contributed by atoms with Crippen LogP contribution < -0.4 is 0 Å². The predicted molar refractivity (Wildman–Crippen MR) is 60.2 cm³/mol. The summed E-state index contributed by atoms with van der Waals surface area (Å²) in [6, 6.07) is 13.0. The van der Waals surface area contributed by atoms with E-state index >= 15 is 0 Å². The Bertz CT molecular complexity index is 434. The van der Waals surface area contributed by atoms with Crippen molar-refractivity contribution in [2.24, 2.45) is 0 Å². The van der Waals surface area contributed by atoms with Crippen molar-refractivity contribution in [3.8, 4) is 0 Å². The highest BCUT2D eigenvalue weighted by Gasteiger charge is 2.22. The van der Waals surface area contributed by atoms with Crippen LogP contribution >= 0.6 is 11.3 Å². The summed E-state index contributed by atoms with van der Waals surface area (Å²) in [6.45, 7) is 0. The second-order valence-electron chi connectivity index (χ2n) is 3.20. The van der Waals surface area contributed by atoms with Gasteiger partial charge < -0.3 is 5.11 Å². The van der Waals surface area contributed by atoms with Crippen LogP contribution in [0.15, 0.2) is 47.8 Å². The summed E-state index contributed by atoms with van der Waals surface area (Å²) in [6.07, 6.45) is 0. The van der Waals surface area contributed by atoms with Crippen LogP contribution in [0.2, 0.25) is 0 Å².